The number of imide groups is 1. The molecule has 1 heterocycles. The predicted molar refractivity (Wildman–Crippen MR) is 120 cm³/mol. The number of nitrogens with one attached hydrogen (secondary N) is 1. The number of benzene rings is 3. The summed E-state index contributed by atoms with van der Waals surface area (Å²) in [6.45, 7) is 2.37. The Bertz CT molecular complexity index is 1190. The number of amides is 2. The second kappa shape index (κ2) is 8.93. The predicted octanol–water partition coefficient (Wildman–Crippen LogP) is 4.63. The molecule has 3 aromatic rings. The number of nitrogens with zero attached hydrogens (tertiary/aromatic N) is 1. The highest BCUT2D eigenvalue weighted by molar-refractivity contribution is 6.46. The van der Waals surface area contributed by atoms with Crippen LogP contribution in [0.3, 0.4) is 0 Å². The van der Waals surface area contributed by atoms with Crippen molar-refractivity contribution in [1.82, 2.24) is 0 Å². The van der Waals surface area contributed by atoms with Crippen LogP contribution in [-0.2, 0) is 9.59 Å². The summed E-state index contributed by atoms with van der Waals surface area (Å²) in [6, 6.07) is 19.2. The maximum Gasteiger partial charge on any atom is 0.282 e. The average Bonchev–Trinajstić information content (AvgIpc) is 3.04. The third-order valence-corrected chi connectivity index (χ3v) is 4.96. The van der Waals surface area contributed by atoms with E-state index in [9.17, 15) is 14.0 Å². The number of anilines is 2. The Kier molecular flexibility index (Phi) is 5.89. The van der Waals surface area contributed by atoms with Gasteiger partial charge in [-0.1, -0.05) is 18.2 Å². The molecule has 0 radical (unpaired) electrons. The van der Waals surface area contributed by atoms with Gasteiger partial charge in [0.2, 0.25) is 0 Å². The van der Waals surface area contributed by atoms with Crippen molar-refractivity contribution in [3.8, 4) is 11.5 Å². The molecule has 7 heteroatoms. The zero-order valence-electron chi connectivity index (χ0n) is 17.6. The lowest BCUT2D eigenvalue weighted by atomic mass is 10.0. The van der Waals surface area contributed by atoms with E-state index in [-0.39, 0.29) is 11.3 Å². The first kappa shape index (κ1) is 21.1. The molecule has 0 fully saturated rings. The molecule has 0 aliphatic carbocycles. The largest absolute Gasteiger partial charge is 0.497 e. The van der Waals surface area contributed by atoms with Crippen LogP contribution in [0.15, 0.2) is 78.5 Å². The minimum absolute atomic E-state index is 0.103. The van der Waals surface area contributed by atoms with Gasteiger partial charge in [0.15, 0.2) is 0 Å². The van der Waals surface area contributed by atoms with Gasteiger partial charge >= 0.3 is 0 Å². The molecule has 0 bridgehead atoms. The fraction of sp³-hybridized carbons (Fsp3) is 0.120. The molecule has 6 nitrogen and oxygen atoms in total. The molecular weight excluding hydrogens is 411 g/mol. The standard InChI is InChI=1S/C25H21FN2O4/c1-3-32-21-6-4-5-18(15-21)27-23-22(16-7-9-17(26)10-8-16)24(29)28(25(23)30)19-11-13-20(31-2)14-12-19/h4-15,27H,3H2,1-2H3. The number of carbonyl (C=O) groups excluding carboxylic acids is 2. The molecule has 1 N–H and O–H groups in total. The number of methoxy groups -OCH3 is 1. The average molecular weight is 432 g/mol. The fourth-order valence-electron chi connectivity index (χ4n) is 3.47. The Labute approximate surface area is 184 Å². The maximum absolute atomic E-state index is 13.5. The number of carbonyl (C=O) groups is 2. The first-order chi connectivity index (χ1) is 15.5. The Morgan fingerprint density at radius 3 is 2.28 bits per heavy atom. The highest BCUT2D eigenvalue weighted by Crippen LogP contribution is 2.34. The Morgan fingerprint density at radius 2 is 1.62 bits per heavy atom. The molecule has 32 heavy (non-hydrogen) atoms. The van der Waals surface area contributed by atoms with Crippen LogP contribution in [-0.4, -0.2) is 25.5 Å². The molecule has 0 spiro atoms. The number of hydrogen-bond donors (Lipinski definition) is 1. The van der Waals surface area contributed by atoms with Crippen LogP contribution in [0.4, 0.5) is 15.8 Å². The van der Waals surface area contributed by atoms with E-state index in [0.717, 1.165) is 4.90 Å². The van der Waals surface area contributed by atoms with Gasteiger partial charge in [0.05, 0.1) is 25.0 Å². The molecular formula is C25H21FN2O4. The number of ether oxygens (including phenoxy) is 2. The quantitative estimate of drug-likeness (QED) is 0.552. The van der Waals surface area contributed by atoms with Crippen molar-refractivity contribution in [2.24, 2.45) is 0 Å². The summed E-state index contributed by atoms with van der Waals surface area (Å²) in [5.74, 6) is -0.218. The van der Waals surface area contributed by atoms with E-state index < -0.39 is 17.6 Å². The molecule has 162 valence electrons. The van der Waals surface area contributed by atoms with Crippen LogP contribution < -0.4 is 19.7 Å². The SMILES string of the molecule is CCOc1cccc(NC2=C(c3ccc(F)cc3)C(=O)N(c3ccc(OC)cc3)C2=O)c1. The van der Waals surface area contributed by atoms with Gasteiger partial charge in [-0.05, 0) is 61.0 Å². The van der Waals surface area contributed by atoms with Gasteiger partial charge in [-0.25, -0.2) is 9.29 Å². The minimum Gasteiger partial charge on any atom is -0.497 e. The van der Waals surface area contributed by atoms with Crippen LogP contribution >= 0.6 is 0 Å². The fourth-order valence-corrected chi connectivity index (χ4v) is 3.47. The van der Waals surface area contributed by atoms with Crippen molar-refractivity contribution in [2.75, 3.05) is 23.9 Å². The van der Waals surface area contributed by atoms with Crippen LogP contribution in [0.5, 0.6) is 11.5 Å². The zero-order valence-corrected chi connectivity index (χ0v) is 17.6. The van der Waals surface area contributed by atoms with E-state index in [1.165, 1.54) is 31.4 Å². The van der Waals surface area contributed by atoms with E-state index in [0.29, 0.717) is 35.0 Å². The first-order valence-corrected chi connectivity index (χ1v) is 10.0. The van der Waals surface area contributed by atoms with Gasteiger partial charge in [-0.2, -0.15) is 0 Å². The van der Waals surface area contributed by atoms with Crippen molar-refractivity contribution >= 4 is 28.8 Å². The third kappa shape index (κ3) is 4.05. The summed E-state index contributed by atoms with van der Waals surface area (Å²) in [5.41, 5.74) is 1.69. The number of halogens is 1. The van der Waals surface area contributed by atoms with Crippen LogP contribution in [0.25, 0.3) is 5.57 Å². The first-order valence-electron chi connectivity index (χ1n) is 10.0. The Balaban J connectivity index is 1.77. The minimum atomic E-state index is -0.513. The molecule has 0 aromatic heterocycles. The third-order valence-electron chi connectivity index (χ3n) is 4.96. The van der Waals surface area contributed by atoms with Gasteiger partial charge in [0.1, 0.15) is 23.0 Å². The van der Waals surface area contributed by atoms with Gasteiger partial charge in [0, 0.05) is 11.8 Å². The van der Waals surface area contributed by atoms with E-state index >= 15 is 0 Å². The van der Waals surface area contributed by atoms with Crippen molar-refractivity contribution in [1.29, 1.82) is 0 Å². The molecule has 0 saturated carbocycles. The van der Waals surface area contributed by atoms with Crippen LogP contribution in [0, 0.1) is 5.82 Å². The summed E-state index contributed by atoms with van der Waals surface area (Å²) in [5, 5.41) is 3.07. The van der Waals surface area contributed by atoms with Gasteiger partial charge < -0.3 is 14.8 Å². The molecule has 1 aliphatic rings. The smallest absolute Gasteiger partial charge is 0.282 e. The molecule has 0 atom stereocenters. The lowest BCUT2D eigenvalue weighted by Gasteiger charge is -2.16. The second-order valence-corrected chi connectivity index (χ2v) is 6.99. The number of rotatable bonds is 7. The molecule has 1 aliphatic heterocycles. The summed E-state index contributed by atoms with van der Waals surface area (Å²) in [6.07, 6.45) is 0. The van der Waals surface area contributed by atoms with E-state index in [2.05, 4.69) is 5.32 Å². The van der Waals surface area contributed by atoms with Crippen molar-refractivity contribution in [2.45, 2.75) is 6.92 Å². The monoisotopic (exact) mass is 432 g/mol. The lowest BCUT2D eigenvalue weighted by Crippen LogP contribution is -2.32. The summed E-state index contributed by atoms with van der Waals surface area (Å²) in [7, 11) is 1.54. The lowest BCUT2D eigenvalue weighted by molar-refractivity contribution is -0.120. The van der Waals surface area contributed by atoms with Crippen LogP contribution in [0.2, 0.25) is 0 Å². The van der Waals surface area contributed by atoms with E-state index in [1.807, 2.05) is 6.92 Å². The van der Waals surface area contributed by atoms with Crippen molar-refractivity contribution < 1.29 is 23.5 Å². The number of hydrogen-bond acceptors (Lipinski definition) is 5. The van der Waals surface area contributed by atoms with Crippen LogP contribution in [0.1, 0.15) is 12.5 Å². The van der Waals surface area contributed by atoms with E-state index in [1.54, 1.807) is 48.5 Å². The van der Waals surface area contributed by atoms with Gasteiger partial charge in [-0.15, -0.1) is 0 Å². The van der Waals surface area contributed by atoms with Crippen molar-refractivity contribution in [3.63, 3.8) is 0 Å². The maximum atomic E-state index is 13.5. The second-order valence-electron chi connectivity index (χ2n) is 6.99. The zero-order chi connectivity index (χ0) is 22.7. The summed E-state index contributed by atoms with van der Waals surface area (Å²) >= 11 is 0. The summed E-state index contributed by atoms with van der Waals surface area (Å²) in [4.78, 5) is 27.9. The van der Waals surface area contributed by atoms with Crippen molar-refractivity contribution in [3.05, 3.63) is 89.9 Å². The Hall–Kier alpha value is -4.13. The van der Waals surface area contributed by atoms with Gasteiger partial charge in [-0.3, -0.25) is 9.59 Å². The molecule has 0 unspecified atom stereocenters. The molecule has 3 aromatic carbocycles. The molecule has 0 saturated heterocycles. The van der Waals surface area contributed by atoms with Gasteiger partial charge in [0.25, 0.3) is 11.8 Å². The Morgan fingerprint density at radius 1 is 0.906 bits per heavy atom. The topological polar surface area (TPSA) is 67.9 Å². The highest BCUT2D eigenvalue weighted by Gasteiger charge is 2.40. The molecule has 4 rings (SSSR count). The normalized spacial score (nSPS) is 13.5. The van der Waals surface area contributed by atoms with E-state index in [4.69, 9.17) is 9.47 Å². The highest BCUT2D eigenvalue weighted by atomic mass is 19.1. The molecule has 2 amide bonds. The summed E-state index contributed by atoms with van der Waals surface area (Å²) < 4.78 is 24.2.